The molecule has 10 heteroatoms. The molecule has 2 saturated heterocycles. The standard InChI is InChI=1S/C24H34N4O5S/c25-17-10-8-15(9-11-17)19(29)13-16(23(31)32)5-3-4-12-26-21(30)7-2-1-6-20-22-18(14-34-20)27-24(33)28-22/h8-11,16,18,20,22H,1-7,12-14,25H2,(H,26,30)(H,31,32)(H2,27,28,33)/p+1/t16?,18-,20?,22-/m0/s1. The molecule has 2 unspecified atom stereocenters. The van der Waals surface area contributed by atoms with E-state index in [4.69, 9.17) is 0 Å². The van der Waals surface area contributed by atoms with E-state index in [0.29, 0.717) is 43.0 Å². The first-order valence-electron chi connectivity index (χ1n) is 12.0. The van der Waals surface area contributed by atoms with Gasteiger partial charge >= 0.3 is 12.0 Å². The Kier molecular flexibility index (Phi) is 9.76. The zero-order valence-corrected chi connectivity index (χ0v) is 20.2. The van der Waals surface area contributed by atoms with Crippen LogP contribution in [0.2, 0.25) is 0 Å². The number of carbonyl (C=O) groups is 4. The Hall–Kier alpha value is -2.59. The maximum absolute atomic E-state index is 12.4. The second-order valence-electron chi connectivity index (χ2n) is 9.07. The summed E-state index contributed by atoms with van der Waals surface area (Å²) in [6.07, 6.45) is 4.87. The number of ketones is 1. The first kappa shape index (κ1) is 26.0. The monoisotopic (exact) mass is 491 g/mol. The SMILES string of the molecule is [NH3+]c1ccc(C(=O)CC(CCCCNC(=O)CCCCC2SC[C@@H]3NC(=O)N[C@H]23)C(=O)O)cc1. The van der Waals surface area contributed by atoms with Crippen molar-refractivity contribution in [2.45, 2.75) is 68.7 Å². The minimum atomic E-state index is -0.967. The first-order valence-corrected chi connectivity index (χ1v) is 13.0. The van der Waals surface area contributed by atoms with E-state index in [1.807, 2.05) is 11.8 Å². The molecule has 4 atom stereocenters. The molecule has 0 bridgehead atoms. The summed E-state index contributed by atoms with van der Waals surface area (Å²) in [5, 5.41) is 18.7. The molecular formula is C24H35N4O5S+. The maximum Gasteiger partial charge on any atom is 0.315 e. The van der Waals surface area contributed by atoms with E-state index in [0.717, 1.165) is 30.7 Å². The number of aliphatic carboxylic acids is 1. The lowest BCUT2D eigenvalue weighted by molar-refractivity contribution is -0.254. The molecule has 1 aromatic carbocycles. The number of fused-ring (bicyclic) bond motifs is 1. The van der Waals surface area contributed by atoms with Crippen LogP contribution >= 0.6 is 11.8 Å². The van der Waals surface area contributed by atoms with Gasteiger partial charge in [0.25, 0.3) is 0 Å². The minimum absolute atomic E-state index is 0.00612. The Morgan fingerprint density at radius 3 is 2.62 bits per heavy atom. The number of thioether (sulfide) groups is 1. The van der Waals surface area contributed by atoms with E-state index in [-0.39, 0.29) is 36.2 Å². The van der Waals surface area contributed by atoms with Crippen LogP contribution in [0.1, 0.15) is 61.7 Å². The molecule has 2 heterocycles. The van der Waals surface area contributed by atoms with Gasteiger partial charge in [0, 0.05) is 36.0 Å². The zero-order valence-electron chi connectivity index (χ0n) is 19.4. The fourth-order valence-electron chi connectivity index (χ4n) is 4.45. The molecule has 0 spiro atoms. The van der Waals surface area contributed by atoms with Crippen molar-refractivity contribution >= 4 is 41.1 Å². The highest BCUT2D eigenvalue weighted by Crippen LogP contribution is 2.33. The molecular weight excluding hydrogens is 456 g/mol. The van der Waals surface area contributed by atoms with Gasteiger partial charge in [0.2, 0.25) is 5.91 Å². The molecule has 1 aromatic rings. The van der Waals surface area contributed by atoms with Crippen molar-refractivity contribution in [3.05, 3.63) is 29.8 Å². The Balaban J connectivity index is 1.24. The van der Waals surface area contributed by atoms with Crippen molar-refractivity contribution in [2.24, 2.45) is 5.92 Å². The quantitative estimate of drug-likeness (QED) is 0.152. The molecule has 7 N–H and O–H groups in total. The van der Waals surface area contributed by atoms with Crippen LogP contribution in [-0.4, -0.2) is 58.4 Å². The number of quaternary nitrogens is 1. The van der Waals surface area contributed by atoms with Gasteiger partial charge in [-0.1, -0.05) is 12.8 Å². The Morgan fingerprint density at radius 1 is 1.12 bits per heavy atom. The fraction of sp³-hybridized carbons (Fsp3) is 0.583. The van der Waals surface area contributed by atoms with Gasteiger partial charge in [0.15, 0.2) is 5.78 Å². The highest BCUT2D eigenvalue weighted by Gasteiger charge is 2.42. The second-order valence-corrected chi connectivity index (χ2v) is 10.3. The summed E-state index contributed by atoms with van der Waals surface area (Å²) in [7, 11) is 0. The van der Waals surface area contributed by atoms with Crippen LogP contribution in [-0.2, 0) is 9.59 Å². The van der Waals surface area contributed by atoms with E-state index in [9.17, 15) is 24.3 Å². The molecule has 2 aliphatic rings. The van der Waals surface area contributed by atoms with Crippen molar-refractivity contribution in [1.29, 1.82) is 0 Å². The number of unbranched alkanes of at least 4 members (excludes halogenated alkanes) is 2. The lowest BCUT2D eigenvalue weighted by Gasteiger charge is -2.16. The van der Waals surface area contributed by atoms with Crippen LogP contribution in [0.25, 0.3) is 0 Å². The molecule has 0 aliphatic carbocycles. The number of nitrogens with one attached hydrogen (secondary N) is 3. The largest absolute Gasteiger partial charge is 0.481 e. The number of urea groups is 1. The summed E-state index contributed by atoms with van der Waals surface area (Å²) in [6.45, 7) is 0.504. The van der Waals surface area contributed by atoms with Crippen LogP contribution in [0.4, 0.5) is 10.5 Å². The molecule has 186 valence electrons. The number of carboxylic acid groups (broad SMARTS) is 1. The summed E-state index contributed by atoms with van der Waals surface area (Å²) in [5.41, 5.74) is 5.08. The third-order valence-electron chi connectivity index (χ3n) is 6.44. The summed E-state index contributed by atoms with van der Waals surface area (Å²) in [6, 6.07) is 7.17. The van der Waals surface area contributed by atoms with Crippen molar-refractivity contribution in [1.82, 2.24) is 16.0 Å². The molecule has 2 fully saturated rings. The zero-order chi connectivity index (χ0) is 24.5. The van der Waals surface area contributed by atoms with E-state index < -0.39 is 11.9 Å². The average Bonchev–Trinajstić information content (AvgIpc) is 3.35. The van der Waals surface area contributed by atoms with Crippen molar-refractivity contribution in [3.8, 4) is 0 Å². The third kappa shape index (κ3) is 7.73. The van der Waals surface area contributed by atoms with E-state index in [1.165, 1.54) is 0 Å². The third-order valence-corrected chi connectivity index (χ3v) is 7.95. The molecule has 3 rings (SSSR count). The molecule has 0 aromatic heterocycles. The van der Waals surface area contributed by atoms with Crippen LogP contribution in [0.3, 0.4) is 0 Å². The predicted octanol–water partition coefficient (Wildman–Crippen LogP) is 1.85. The minimum Gasteiger partial charge on any atom is -0.481 e. The number of benzene rings is 1. The summed E-state index contributed by atoms with van der Waals surface area (Å²) in [4.78, 5) is 47.4. The van der Waals surface area contributed by atoms with Gasteiger partial charge in [-0.25, -0.2) is 4.79 Å². The van der Waals surface area contributed by atoms with Crippen molar-refractivity contribution < 1.29 is 30.0 Å². The van der Waals surface area contributed by atoms with Gasteiger partial charge in [0.05, 0.1) is 18.0 Å². The lowest BCUT2D eigenvalue weighted by Crippen LogP contribution is -2.39. The number of carbonyl (C=O) groups excluding carboxylic acids is 3. The lowest BCUT2D eigenvalue weighted by atomic mass is 9.93. The first-order chi connectivity index (χ1) is 16.3. The second kappa shape index (κ2) is 12.8. The molecule has 3 amide bonds. The molecule has 0 radical (unpaired) electrons. The van der Waals surface area contributed by atoms with E-state index in [1.54, 1.807) is 24.3 Å². The number of rotatable bonds is 14. The summed E-state index contributed by atoms with van der Waals surface area (Å²) >= 11 is 1.88. The number of Topliss-reactive ketones (excluding diaryl/α,β-unsaturated/α-hetero) is 1. The van der Waals surface area contributed by atoms with Gasteiger partial charge in [0.1, 0.15) is 5.69 Å². The molecule has 2 aliphatic heterocycles. The van der Waals surface area contributed by atoms with Gasteiger partial charge in [-0.05, 0) is 49.9 Å². The van der Waals surface area contributed by atoms with Gasteiger partial charge in [-0.2, -0.15) is 11.8 Å². The maximum atomic E-state index is 12.4. The fourth-order valence-corrected chi connectivity index (χ4v) is 5.99. The highest BCUT2D eigenvalue weighted by molar-refractivity contribution is 8.00. The summed E-state index contributed by atoms with van der Waals surface area (Å²) in [5.74, 6) is -0.929. The van der Waals surface area contributed by atoms with E-state index >= 15 is 0 Å². The van der Waals surface area contributed by atoms with Crippen molar-refractivity contribution in [2.75, 3.05) is 12.3 Å². The molecule has 9 nitrogen and oxygen atoms in total. The number of carboxylic acids is 1. The Morgan fingerprint density at radius 2 is 1.88 bits per heavy atom. The Labute approximate surface area is 204 Å². The van der Waals surface area contributed by atoms with Gasteiger partial charge in [-0.3, -0.25) is 14.4 Å². The molecule has 34 heavy (non-hydrogen) atoms. The highest BCUT2D eigenvalue weighted by atomic mass is 32.2. The van der Waals surface area contributed by atoms with Gasteiger partial charge < -0.3 is 26.8 Å². The number of hydrogen-bond acceptors (Lipinski definition) is 5. The smallest absolute Gasteiger partial charge is 0.315 e. The van der Waals surface area contributed by atoms with Gasteiger partial charge in [-0.15, -0.1) is 0 Å². The van der Waals surface area contributed by atoms with Crippen LogP contribution in [0.15, 0.2) is 24.3 Å². The number of amides is 3. The Bertz CT molecular complexity index is 879. The number of hydrogen-bond donors (Lipinski definition) is 5. The van der Waals surface area contributed by atoms with Crippen LogP contribution in [0, 0.1) is 5.92 Å². The summed E-state index contributed by atoms with van der Waals surface area (Å²) < 4.78 is 0. The van der Waals surface area contributed by atoms with Crippen LogP contribution < -0.4 is 21.7 Å². The predicted molar refractivity (Wildman–Crippen MR) is 130 cm³/mol. The average molecular weight is 492 g/mol. The van der Waals surface area contributed by atoms with E-state index in [2.05, 4.69) is 21.7 Å². The topological polar surface area (TPSA) is 152 Å². The van der Waals surface area contributed by atoms with Crippen LogP contribution in [0.5, 0.6) is 0 Å². The van der Waals surface area contributed by atoms with Crippen molar-refractivity contribution in [3.63, 3.8) is 0 Å². The molecule has 0 saturated carbocycles. The normalized spacial score (nSPS) is 21.9.